The maximum Gasteiger partial charge on any atom is 0.159 e. The smallest absolute Gasteiger partial charge is 0.159 e. The lowest BCUT2D eigenvalue weighted by Gasteiger charge is -2.60. The van der Waals surface area contributed by atoms with E-state index in [2.05, 4.69) is 30.6 Å². The second kappa shape index (κ2) is 9.22. The van der Waals surface area contributed by atoms with Gasteiger partial charge in [-0.1, -0.05) is 35.1 Å². The zero-order valence-corrected chi connectivity index (χ0v) is 20.8. The van der Waals surface area contributed by atoms with Gasteiger partial charge in [0, 0.05) is 60.2 Å². The van der Waals surface area contributed by atoms with Gasteiger partial charge in [-0.2, -0.15) is 5.10 Å². The number of nitrogens with zero attached hydrogens (tertiary/aromatic N) is 5. The van der Waals surface area contributed by atoms with Crippen molar-refractivity contribution in [2.45, 2.75) is 6.61 Å². The Labute approximate surface area is 212 Å². The molecule has 5 rings (SSSR count). The summed E-state index contributed by atoms with van der Waals surface area (Å²) in [6, 6.07) is 9.07. The van der Waals surface area contributed by atoms with E-state index in [0.29, 0.717) is 38.6 Å². The van der Waals surface area contributed by atoms with Crippen LogP contribution in [0.15, 0.2) is 42.7 Å². The first-order valence-electron chi connectivity index (χ1n) is 10.6. The monoisotopic (exact) mass is 515 g/mol. The lowest BCUT2D eigenvalue weighted by atomic mass is 9.74. The molecular weight excluding hydrogens is 493 g/mol. The number of hydrogen-bond donors (Lipinski definition) is 2. The van der Waals surface area contributed by atoms with Crippen molar-refractivity contribution in [3.05, 3.63) is 69.6 Å². The van der Waals surface area contributed by atoms with Crippen molar-refractivity contribution in [1.29, 1.82) is 5.41 Å². The van der Waals surface area contributed by atoms with E-state index < -0.39 is 0 Å². The Morgan fingerprint density at radius 2 is 1.97 bits per heavy atom. The SMILES string of the molecule is CSN1CC2(C1)CN(c1ccc(C(=N)c3cc(OCc4c(Cl)cnnc4Cl)ccc3N)cn1)C2. The van der Waals surface area contributed by atoms with Gasteiger partial charge in [-0.25, -0.2) is 9.29 Å². The van der Waals surface area contributed by atoms with Crippen molar-refractivity contribution in [2.24, 2.45) is 5.41 Å². The molecule has 1 aromatic carbocycles. The second-order valence-electron chi connectivity index (χ2n) is 8.62. The normalized spacial score (nSPS) is 16.7. The molecule has 0 aliphatic carbocycles. The third kappa shape index (κ3) is 4.40. The Kier molecular flexibility index (Phi) is 6.28. The van der Waals surface area contributed by atoms with Crippen LogP contribution in [0.2, 0.25) is 10.2 Å². The minimum absolute atomic E-state index is 0.117. The minimum Gasteiger partial charge on any atom is -0.489 e. The van der Waals surface area contributed by atoms with E-state index in [1.54, 1.807) is 24.4 Å². The van der Waals surface area contributed by atoms with Gasteiger partial charge in [-0.3, -0.25) is 5.41 Å². The first-order valence-corrected chi connectivity index (χ1v) is 12.6. The summed E-state index contributed by atoms with van der Waals surface area (Å²) in [4.78, 5) is 6.90. The van der Waals surface area contributed by atoms with Crippen molar-refractivity contribution in [3.63, 3.8) is 0 Å². The maximum absolute atomic E-state index is 8.70. The highest BCUT2D eigenvalue weighted by Crippen LogP contribution is 2.43. The summed E-state index contributed by atoms with van der Waals surface area (Å²) >= 11 is 14.0. The highest BCUT2D eigenvalue weighted by Gasteiger charge is 2.51. The molecular formula is C23H23Cl2N7OS. The number of rotatable bonds is 7. The molecule has 2 aromatic heterocycles. The van der Waals surface area contributed by atoms with Crippen LogP contribution in [0.5, 0.6) is 5.75 Å². The van der Waals surface area contributed by atoms with Crippen LogP contribution in [0, 0.1) is 10.8 Å². The Morgan fingerprint density at radius 1 is 1.18 bits per heavy atom. The molecule has 2 fully saturated rings. The van der Waals surface area contributed by atoms with Crippen LogP contribution in [0.1, 0.15) is 16.7 Å². The van der Waals surface area contributed by atoms with Crippen LogP contribution in [-0.4, -0.2) is 57.6 Å². The molecule has 8 nitrogen and oxygen atoms in total. The van der Waals surface area contributed by atoms with Gasteiger partial charge >= 0.3 is 0 Å². The number of benzene rings is 1. The molecule has 0 unspecified atom stereocenters. The van der Waals surface area contributed by atoms with Gasteiger partial charge in [0.15, 0.2) is 5.15 Å². The number of nitrogen functional groups attached to an aromatic ring is 1. The Balaban J connectivity index is 1.25. The number of hydrogen-bond acceptors (Lipinski definition) is 9. The molecule has 0 atom stereocenters. The van der Waals surface area contributed by atoms with Crippen LogP contribution in [0.25, 0.3) is 0 Å². The molecule has 11 heteroatoms. The fourth-order valence-corrected chi connectivity index (χ4v) is 5.57. The first-order chi connectivity index (χ1) is 16.4. The van der Waals surface area contributed by atoms with Gasteiger partial charge in [0.1, 0.15) is 18.2 Å². The number of halogens is 2. The van der Waals surface area contributed by atoms with E-state index >= 15 is 0 Å². The molecule has 0 amide bonds. The molecule has 0 saturated carbocycles. The summed E-state index contributed by atoms with van der Waals surface area (Å²) in [5, 5.41) is 16.8. The fourth-order valence-electron chi connectivity index (χ4n) is 4.33. The predicted octanol–water partition coefficient (Wildman–Crippen LogP) is 4.16. The standard InChI is InChI=1S/C23H23Cl2N7OS/c1-34-32-12-23(13-32)10-31(11-23)20-5-2-14(7-28-20)21(27)16-6-15(3-4-19(16)26)33-9-17-18(24)8-29-30-22(17)25/h2-8,27H,9-13,26H2,1H3. The third-order valence-electron chi connectivity index (χ3n) is 6.23. The third-order valence-corrected chi connectivity index (χ3v) is 7.63. The predicted molar refractivity (Wildman–Crippen MR) is 137 cm³/mol. The van der Waals surface area contributed by atoms with E-state index in [1.165, 1.54) is 6.20 Å². The molecule has 3 aromatic rings. The van der Waals surface area contributed by atoms with Gasteiger partial charge in [0.05, 0.1) is 16.9 Å². The molecule has 2 aliphatic rings. The lowest BCUT2D eigenvalue weighted by molar-refractivity contribution is 0.0474. The van der Waals surface area contributed by atoms with Crippen LogP contribution in [-0.2, 0) is 6.61 Å². The number of nitrogens with two attached hydrogens (primary N) is 1. The van der Waals surface area contributed by atoms with Gasteiger partial charge in [0.25, 0.3) is 0 Å². The highest BCUT2D eigenvalue weighted by atomic mass is 35.5. The summed E-state index contributed by atoms with van der Waals surface area (Å²) in [6.07, 6.45) is 5.27. The maximum atomic E-state index is 8.70. The zero-order chi connectivity index (χ0) is 23.9. The molecule has 0 radical (unpaired) electrons. The molecule has 4 heterocycles. The summed E-state index contributed by atoms with van der Waals surface area (Å²) in [7, 11) is 0. The van der Waals surface area contributed by atoms with Crippen molar-refractivity contribution >= 4 is 52.4 Å². The number of ether oxygens (including phenoxy) is 1. The molecule has 2 saturated heterocycles. The molecule has 176 valence electrons. The number of nitrogens with one attached hydrogen (secondary N) is 1. The van der Waals surface area contributed by atoms with Gasteiger partial charge < -0.3 is 15.4 Å². The minimum atomic E-state index is 0.117. The molecule has 34 heavy (non-hydrogen) atoms. The topological polar surface area (TPSA) is 104 Å². The summed E-state index contributed by atoms with van der Waals surface area (Å²) in [5.41, 5.74) is 9.15. The molecule has 3 N–H and O–H groups in total. The number of anilines is 2. The highest BCUT2D eigenvalue weighted by molar-refractivity contribution is 7.96. The molecule has 0 bridgehead atoms. The van der Waals surface area contributed by atoms with E-state index in [4.69, 9.17) is 39.1 Å². The van der Waals surface area contributed by atoms with E-state index in [9.17, 15) is 0 Å². The molecule has 1 spiro atoms. The van der Waals surface area contributed by atoms with Crippen molar-refractivity contribution in [2.75, 3.05) is 43.1 Å². The van der Waals surface area contributed by atoms with E-state index in [-0.39, 0.29) is 17.5 Å². The van der Waals surface area contributed by atoms with Gasteiger partial charge in [0.2, 0.25) is 0 Å². The largest absolute Gasteiger partial charge is 0.489 e. The van der Waals surface area contributed by atoms with Crippen LogP contribution in [0.3, 0.4) is 0 Å². The van der Waals surface area contributed by atoms with Crippen LogP contribution < -0.4 is 15.4 Å². The summed E-state index contributed by atoms with van der Waals surface area (Å²) in [6.45, 7) is 4.46. The average Bonchev–Trinajstić information content (AvgIpc) is 2.78. The Morgan fingerprint density at radius 3 is 2.65 bits per heavy atom. The summed E-state index contributed by atoms with van der Waals surface area (Å²) < 4.78 is 8.23. The zero-order valence-electron chi connectivity index (χ0n) is 18.5. The quantitative estimate of drug-likeness (QED) is 0.274. The average molecular weight is 516 g/mol. The van der Waals surface area contributed by atoms with Crippen molar-refractivity contribution < 1.29 is 4.74 Å². The number of pyridine rings is 1. The Bertz CT molecular complexity index is 1210. The van der Waals surface area contributed by atoms with Gasteiger partial charge in [-0.05, 0) is 36.6 Å². The van der Waals surface area contributed by atoms with Crippen LogP contribution in [0.4, 0.5) is 11.5 Å². The Hall–Kier alpha value is -2.59. The van der Waals surface area contributed by atoms with E-state index in [1.807, 2.05) is 24.1 Å². The van der Waals surface area contributed by atoms with Crippen molar-refractivity contribution in [1.82, 2.24) is 19.5 Å². The first kappa shape index (κ1) is 23.2. The van der Waals surface area contributed by atoms with Gasteiger partial charge in [-0.15, -0.1) is 5.10 Å². The molecule has 2 aliphatic heterocycles. The van der Waals surface area contributed by atoms with Crippen LogP contribution >= 0.6 is 35.1 Å². The second-order valence-corrected chi connectivity index (χ2v) is 10.3. The number of aromatic nitrogens is 3. The summed E-state index contributed by atoms with van der Waals surface area (Å²) in [5.74, 6) is 1.47. The van der Waals surface area contributed by atoms with Crippen molar-refractivity contribution in [3.8, 4) is 5.75 Å². The van der Waals surface area contributed by atoms with E-state index in [0.717, 1.165) is 32.0 Å². The fraction of sp³-hybridized carbons (Fsp3) is 0.304. The lowest BCUT2D eigenvalue weighted by Crippen LogP contribution is -2.70.